The second kappa shape index (κ2) is 5.43. The monoisotopic (exact) mass is 224 g/mol. The Morgan fingerprint density at radius 2 is 1.64 bits per heavy atom. The van der Waals surface area contributed by atoms with Gasteiger partial charge in [0.05, 0.1) is 0 Å². The van der Waals surface area contributed by atoms with E-state index in [2.05, 4.69) is 4.74 Å². The molecule has 0 aliphatic heterocycles. The lowest BCUT2D eigenvalue weighted by Crippen LogP contribution is -2.39. The topological polar surface area (TPSA) is 9.23 Å². The molecule has 1 nitrogen and oxygen atoms in total. The molecule has 0 saturated heterocycles. The summed E-state index contributed by atoms with van der Waals surface area (Å²) < 4.78 is 75.6. The van der Waals surface area contributed by atoms with Crippen molar-refractivity contribution in [3.8, 4) is 0 Å². The fourth-order valence-electron chi connectivity index (χ4n) is 0.872. The molecule has 0 aromatic carbocycles. The van der Waals surface area contributed by atoms with Crippen LogP contribution >= 0.6 is 0 Å². The molecule has 0 amide bonds. The minimum absolute atomic E-state index is 0.242. The Labute approximate surface area is 77.0 Å². The summed E-state index contributed by atoms with van der Waals surface area (Å²) in [5.41, 5.74) is 0. The van der Waals surface area contributed by atoms with Crippen molar-refractivity contribution in [2.75, 3.05) is 6.61 Å². The zero-order valence-electron chi connectivity index (χ0n) is 7.32. The maximum Gasteiger partial charge on any atom is 0.422 e. The molecule has 0 fully saturated rings. The number of ether oxygens (including phenoxy) is 1. The fraction of sp³-hybridized carbons (Fsp3) is 1.00. The number of rotatable bonds is 5. The van der Waals surface area contributed by atoms with Gasteiger partial charge >= 0.3 is 6.18 Å². The molecule has 0 heterocycles. The van der Waals surface area contributed by atoms with Gasteiger partial charge in [-0.1, -0.05) is 0 Å². The largest absolute Gasteiger partial charge is 0.422 e. The average Bonchev–Trinajstić information content (AvgIpc) is 2.00. The van der Waals surface area contributed by atoms with Crippen LogP contribution in [0.15, 0.2) is 0 Å². The molecule has 2 unspecified atom stereocenters. The van der Waals surface area contributed by atoms with Gasteiger partial charge in [-0.05, 0) is 6.92 Å². The molecule has 0 aromatic heterocycles. The first kappa shape index (κ1) is 13.5. The van der Waals surface area contributed by atoms with Crippen LogP contribution in [0, 0.1) is 0 Å². The summed E-state index contributed by atoms with van der Waals surface area (Å²) in [7, 11) is 0. The molecule has 0 aliphatic rings. The van der Waals surface area contributed by atoms with Crippen molar-refractivity contribution < 1.29 is 31.1 Å². The predicted octanol–water partition coefficient (Wildman–Crippen LogP) is 2.95. The first-order chi connectivity index (χ1) is 6.29. The second-order valence-corrected chi connectivity index (χ2v) is 2.56. The molecule has 86 valence electrons. The van der Waals surface area contributed by atoms with Gasteiger partial charge in [0.15, 0.2) is 0 Å². The van der Waals surface area contributed by atoms with Gasteiger partial charge in [-0.25, -0.2) is 13.2 Å². The zero-order chi connectivity index (χ0) is 11.4. The maximum atomic E-state index is 12.5. The van der Waals surface area contributed by atoms with Crippen LogP contribution in [0.4, 0.5) is 26.3 Å². The summed E-state index contributed by atoms with van der Waals surface area (Å²) in [5, 5.41) is 0. The van der Waals surface area contributed by atoms with Crippen LogP contribution in [0.5, 0.6) is 0 Å². The number of hydrogen-bond donors (Lipinski definition) is 0. The number of halogens is 6. The van der Waals surface area contributed by atoms with Crippen molar-refractivity contribution in [3.63, 3.8) is 0 Å². The van der Waals surface area contributed by atoms with Crippen LogP contribution in [0.2, 0.25) is 0 Å². The Balaban J connectivity index is 4.32. The standard InChI is InChI=1S/C7H10F6O/c1-2-14-4(3-5(8)9)6(10)7(11,12)13/h4-6H,2-3H2,1H3. The van der Waals surface area contributed by atoms with E-state index in [1.165, 1.54) is 6.92 Å². The Hall–Kier alpha value is -0.460. The van der Waals surface area contributed by atoms with Gasteiger partial charge < -0.3 is 4.74 Å². The Morgan fingerprint density at radius 3 is 1.93 bits per heavy atom. The third-order valence-electron chi connectivity index (χ3n) is 1.43. The molecule has 0 spiro atoms. The molecular weight excluding hydrogens is 214 g/mol. The van der Waals surface area contributed by atoms with Gasteiger partial charge in [0.25, 0.3) is 0 Å². The molecule has 0 rings (SSSR count). The van der Waals surface area contributed by atoms with Crippen LogP contribution in [-0.2, 0) is 4.74 Å². The van der Waals surface area contributed by atoms with Gasteiger partial charge in [0, 0.05) is 13.0 Å². The van der Waals surface area contributed by atoms with E-state index >= 15 is 0 Å². The second-order valence-electron chi connectivity index (χ2n) is 2.56. The van der Waals surface area contributed by atoms with E-state index in [0.717, 1.165) is 0 Å². The van der Waals surface area contributed by atoms with E-state index in [4.69, 9.17) is 0 Å². The number of alkyl halides is 6. The van der Waals surface area contributed by atoms with Gasteiger partial charge in [0.2, 0.25) is 12.6 Å². The highest BCUT2D eigenvalue weighted by Gasteiger charge is 2.46. The van der Waals surface area contributed by atoms with Crippen LogP contribution < -0.4 is 0 Å². The van der Waals surface area contributed by atoms with Crippen molar-refractivity contribution >= 4 is 0 Å². The van der Waals surface area contributed by atoms with Crippen molar-refractivity contribution in [1.29, 1.82) is 0 Å². The summed E-state index contributed by atoms with van der Waals surface area (Å²) in [4.78, 5) is 0. The average molecular weight is 224 g/mol. The highest BCUT2D eigenvalue weighted by atomic mass is 19.4. The smallest absolute Gasteiger partial charge is 0.375 e. The summed E-state index contributed by atoms with van der Waals surface area (Å²) in [6.45, 7) is 1.06. The molecule has 0 radical (unpaired) electrons. The summed E-state index contributed by atoms with van der Waals surface area (Å²) in [6, 6.07) is 0. The van der Waals surface area contributed by atoms with E-state index in [0.29, 0.717) is 0 Å². The minimum atomic E-state index is -5.16. The van der Waals surface area contributed by atoms with E-state index in [1.54, 1.807) is 0 Å². The molecule has 0 saturated carbocycles. The molecule has 0 N–H and O–H groups in total. The van der Waals surface area contributed by atoms with Crippen molar-refractivity contribution in [3.05, 3.63) is 0 Å². The highest BCUT2D eigenvalue weighted by Crippen LogP contribution is 2.29. The van der Waals surface area contributed by atoms with Gasteiger partial charge in [-0.15, -0.1) is 0 Å². The first-order valence-electron chi connectivity index (χ1n) is 3.89. The first-order valence-corrected chi connectivity index (χ1v) is 3.89. The van der Waals surface area contributed by atoms with Crippen molar-refractivity contribution in [2.24, 2.45) is 0 Å². The Kier molecular flexibility index (Phi) is 5.25. The van der Waals surface area contributed by atoms with Crippen LogP contribution in [-0.4, -0.2) is 31.5 Å². The van der Waals surface area contributed by atoms with Crippen LogP contribution in [0.25, 0.3) is 0 Å². The minimum Gasteiger partial charge on any atom is -0.375 e. The molecule has 0 aromatic rings. The lowest BCUT2D eigenvalue weighted by Gasteiger charge is -2.22. The fourth-order valence-corrected chi connectivity index (χ4v) is 0.872. The van der Waals surface area contributed by atoms with Crippen LogP contribution in [0.1, 0.15) is 13.3 Å². The molecule has 0 bridgehead atoms. The van der Waals surface area contributed by atoms with E-state index in [1.807, 2.05) is 0 Å². The Morgan fingerprint density at radius 1 is 1.14 bits per heavy atom. The summed E-state index contributed by atoms with van der Waals surface area (Å²) in [5.74, 6) is 0. The third-order valence-corrected chi connectivity index (χ3v) is 1.43. The summed E-state index contributed by atoms with van der Waals surface area (Å²) >= 11 is 0. The van der Waals surface area contributed by atoms with Gasteiger partial charge in [0.1, 0.15) is 6.10 Å². The molecule has 7 heteroatoms. The Bertz CT molecular complexity index is 157. The van der Waals surface area contributed by atoms with Crippen LogP contribution in [0.3, 0.4) is 0 Å². The SMILES string of the molecule is CCOC(CC(F)F)C(F)C(F)(F)F. The molecule has 14 heavy (non-hydrogen) atoms. The van der Waals surface area contributed by atoms with Crippen molar-refractivity contribution in [2.45, 2.75) is 38.2 Å². The lowest BCUT2D eigenvalue weighted by molar-refractivity contribution is -0.215. The van der Waals surface area contributed by atoms with E-state index < -0.39 is 31.3 Å². The zero-order valence-corrected chi connectivity index (χ0v) is 7.32. The summed E-state index contributed by atoms with van der Waals surface area (Å²) in [6.07, 6.45) is -14.9. The van der Waals surface area contributed by atoms with E-state index in [9.17, 15) is 26.3 Å². The predicted molar refractivity (Wildman–Crippen MR) is 37.0 cm³/mol. The third kappa shape index (κ3) is 4.69. The maximum absolute atomic E-state index is 12.5. The lowest BCUT2D eigenvalue weighted by atomic mass is 10.1. The van der Waals surface area contributed by atoms with Gasteiger partial charge in [-0.2, -0.15) is 13.2 Å². The highest BCUT2D eigenvalue weighted by molar-refractivity contribution is 4.77. The van der Waals surface area contributed by atoms with Gasteiger partial charge in [-0.3, -0.25) is 0 Å². The quantitative estimate of drug-likeness (QED) is 0.652. The molecular formula is C7H10F6O. The van der Waals surface area contributed by atoms with E-state index in [-0.39, 0.29) is 6.61 Å². The van der Waals surface area contributed by atoms with Crippen molar-refractivity contribution in [1.82, 2.24) is 0 Å². The normalized spacial score (nSPS) is 17.1. The number of hydrogen-bond acceptors (Lipinski definition) is 1. The molecule has 0 aliphatic carbocycles. The molecule has 2 atom stereocenters.